The molecule has 1 heterocycles. The number of hydrogen-bond donors (Lipinski definition) is 2. The van der Waals surface area contributed by atoms with Crippen molar-refractivity contribution in [2.45, 2.75) is 13.5 Å². The molecule has 2 N–H and O–H groups in total. The normalized spacial score (nSPS) is 10.4. The van der Waals surface area contributed by atoms with Crippen LogP contribution in [0.2, 0.25) is 0 Å². The van der Waals surface area contributed by atoms with Gasteiger partial charge in [0.05, 0.1) is 18.2 Å². The third-order valence-corrected chi connectivity index (χ3v) is 3.42. The van der Waals surface area contributed by atoms with E-state index in [1.165, 1.54) is 18.2 Å². The molecule has 0 bridgehead atoms. The lowest BCUT2D eigenvalue weighted by atomic mass is 10.2. The Hall–Kier alpha value is -1.66. The number of nitrogens with zero attached hydrogens (tertiary/aromatic N) is 2. The van der Waals surface area contributed by atoms with Gasteiger partial charge >= 0.3 is 0 Å². The molecule has 0 aliphatic rings. The van der Waals surface area contributed by atoms with Gasteiger partial charge in [-0.05, 0) is 12.1 Å². The summed E-state index contributed by atoms with van der Waals surface area (Å²) in [5, 5.41) is 25.4. The predicted octanol–water partition coefficient (Wildman–Crippen LogP) is 0.306. The molecule has 0 amide bonds. The average Bonchev–Trinajstić information content (AvgIpc) is 2.71. The van der Waals surface area contributed by atoms with E-state index in [1.54, 1.807) is 23.5 Å². The minimum absolute atomic E-state index is 0. The van der Waals surface area contributed by atoms with Crippen molar-refractivity contribution in [3.8, 4) is 11.5 Å². The molecule has 1 aromatic carbocycles. The van der Waals surface area contributed by atoms with Crippen LogP contribution in [0.25, 0.3) is 12.2 Å². The molecule has 0 unspecified atom stereocenters. The van der Waals surface area contributed by atoms with Crippen molar-refractivity contribution >= 4 is 23.5 Å². The van der Waals surface area contributed by atoms with E-state index in [4.69, 9.17) is 0 Å². The van der Waals surface area contributed by atoms with E-state index in [9.17, 15) is 10.2 Å². The van der Waals surface area contributed by atoms with E-state index in [2.05, 4.69) is 11.7 Å². The lowest BCUT2D eigenvalue weighted by molar-refractivity contribution is -0.00000588. The smallest absolute Gasteiger partial charge is 0.220 e. The summed E-state index contributed by atoms with van der Waals surface area (Å²) in [6.45, 7) is 6.27. The minimum Gasteiger partial charge on any atom is -1.00 e. The van der Waals surface area contributed by atoms with Gasteiger partial charge in [-0.3, -0.25) is 0 Å². The molecule has 0 saturated heterocycles. The number of aromatic hydroxyl groups is 2. The first kappa shape index (κ1) is 16.4. The highest BCUT2D eigenvalue weighted by Gasteiger charge is 2.11. The second kappa shape index (κ2) is 7.21. The first-order chi connectivity index (χ1) is 9.10. The van der Waals surface area contributed by atoms with Gasteiger partial charge in [0.25, 0.3) is 0 Å². The molecule has 0 fully saturated rings. The van der Waals surface area contributed by atoms with Gasteiger partial charge in [-0.1, -0.05) is 11.2 Å². The van der Waals surface area contributed by atoms with Crippen LogP contribution < -0.4 is 17.0 Å². The molecule has 20 heavy (non-hydrogen) atoms. The highest BCUT2D eigenvalue weighted by molar-refractivity contribution is 7.12. The Morgan fingerprint density at radius 3 is 2.90 bits per heavy atom. The summed E-state index contributed by atoms with van der Waals surface area (Å²) < 4.78 is 1.84. The Labute approximate surface area is 132 Å². The van der Waals surface area contributed by atoms with E-state index in [0.717, 1.165) is 10.0 Å². The number of rotatable bonds is 4. The lowest BCUT2D eigenvalue weighted by Crippen LogP contribution is -3.00. The van der Waals surface area contributed by atoms with E-state index in [0.29, 0.717) is 12.1 Å². The van der Waals surface area contributed by atoms with Gasteiger partial charge in [0.1, 0.15) is 11.5 Å². The second-order valence-electron chi connectivity index (χ2n) is 4.01. The van der Waals surface area contributed by atoms with Crippen molar-refractivity contribution in [1.82, 2.24) is 9.78 Å². The molecular weight excluding hydrogens is 340 g/mol. The maximum absolute atomic E-state index is 9.69. The van der Waals surface area contributed by atoms with Gasteiger partial charge in [0.2, 0.25) is 10.0 Å². The summed E-state index contributed by atoms with van der Waals surface area (Å²) in [5.74, 6) is 0.252. The van der Waals surface area contributed by atoms with Crippen LogP contribution in [0.15, 0.2) is 30.9 Å². The maximum atomic E-state index is 9.69. The number of benzene rings is 1. The molecule has 6 heteroatoms. The third kappa shape index (κ3) is 3.91. The highest BCUT2D eigenvalue weighted by atomic mass is 79.9. The van der Waals surface area contributed by atoms with Crippen LogP contribution in [-0.2, 0) is 6.54 Å². The number of aryl methyl sites for hydroxylation is 1. The topological polar surface area (TPSA) is 58.3 Å². The molecule has 0 radical (unpaired) electrons. The number of phenols is 2. The highest BCUT2D eigenvalue weighted by Crippen LogP contribution is 2.25. The lowest BCUT2D eigenvalue weighted by Gasteiger charge is -1.97. The molecule has 0 spiro atoms. The number of aromatic nitrogens is 2. The number of phenolic OH excluding ortho intramolecular Hbond substituents is 2. The Bertz CT molecular complexity index is 638. The molecule has 2 aromatic rings. The fourth-order valence-electron chi connectivity index (χ4n) is 1.65. The van der Waals surface area contributed by atoms with Gasteiger partial charge in [-0.15, -0.1) is 6.58 Å². The Kier molecular flexibility index (Phi) is 5.91. The van der Waals surface area contributed by atoms with Crippen LogP contribution in [0.5, 0.6) is 11.5 Å². The molecule has 1 aromatic heterocycles. The van der Waals surface area contributed by atoms with Gasteiger partial charge < -0.3 is 27.2 Å². The zero-order chi connectivity index (χ0) is 13.8. The van der Waals surface area contributed by atoms with Crippen LogP contribution >= 0.6 is 11.3 Å². The van der Waals surface area contributed by atoms with Crippen molar-refractivity contribution in [3.63, 3.8) is 0 Å². The molecule has 0 aliphatic carbocycles. The van der Waals surface area contributed by atoms with Gasteiger partial charge in [-0.25, -0.2) is 0 Å². The first-order valence-electron chi connectivity index (χ1n) is 5.78. The fraction of sp³-hybridized carbons (Fsp3) is 0.143. The molecule has 0 aliphatic heterocycles. The molecular formula is C14H15BrN2O2S. The summed E-state index contributed by atoms with van der Waals surface area (Å²) in [4.78, 5) is 0. The maximum Gasteiger partial charge on any atom is 0.220 e. The Balaban J connectivity index is 0.00000200. The Morgan fingerprint density at radius 1 is 1.45 bits per heavy atom. The molecule has 4 nitrogen and oxygen atoms in total. The summed E-state index contributed by atoms with van der Waals surface area (Å²) in [5.41, 5.74) is 0.566. The van der Waals surface area contributed by atoms with Crippen molar-refractivity contribution < 1.29 is 27.2 Å². The van der Waals surface area contributed by atoms with Gasteiger partial charge in [0, 0.05) is 30.4 Å². The first-order valence-corrected chi connectivity index (χ1v) is 6.60. The van der Waals surface area contributed by atoms with Crippen molar-refractivity contribution in [2.24, 2.45) is 0 Å². The zero-order valence-electron chi connectivity index (χ0n) is 11.0. The van der Waals surface area contributed by atoms with Crippen LogP contribution in [-0.4, -0.2) is 20.0 Å². The van der Waals surface area contributed by atoms with Crippen LogP contribution in [0.3, 0.4) is 0 Å². The summed E-state index contributed by atoms with van der Waals surface area (Å²) in [6, 6.07) is 4.42. The summed E-state index contributed by atoms with van der Waals surface area (Å²) >= 11 is 1.56. The number of allylic oxidation sites excluding steroid dienone is 1. The quantitative estimate of drug-likeness (QED) is 0.472. The van der Waals surface area contributed by atoms with E-state index in [-0.39, 0.29) is 28.5 Å². The molecule has 106 valence electrons. The van der Waals surface area contributed by atoms with Gasteiger partial charge in [0.15, 0.2) is 0 Å². The fourth-order valence-corrected chi connectivity index (χ4v) is 2.45. The second-order valence-corrected chi connectivity index (χ2v) is 5.22. The average molecular weight is 355 g/mol. The zero-order valence-corrected chi connectivity index (χ0v) is 13.4. The van der Waals surface area contributed by atoms with Crippen LogP contribution in [0.1, 0.15) is 15.6 Å². The van der Waals surface area contributed by atoms with Crippen molar-refractivity contribution in [1.29, 1.82) is 0 Å². The van der Waals surface area contributed by atoms with Crippen molar-refractivity contribution in [2.75, 3.05) is 0 Å². The minimum atomic E-state index is 0. The standard InChI is InChI=1S/C14H14N2O2S.BrH/c1-3-8-16-14(19-10(2)15-16)7-4-11-9-12(17)5-6-13(11)18;/h3-7,9H,1,8H2,2H3,(H-,17,18);1H. The monoisotopic (exact) mass is 354 g/mol. The van der Waals surface area contributed by atoms with Gasteiger partial charge in [-0.2, -0.15) is 4.68 Å². The molecule has 0 atom stereocenters. The molecule has 0 saturated carbocycles. The summed E-state index contributed by atoms with van der Waals surface area (Å²) in [7, 11) is 0. The van der Waals surface area contributed by atoms with E-state index in [1.807, 2.05) is 17.7 Å². The third-order valence-electron chi connectivity index (χ3n) is 2.49. The number of halogens is 1. The Morgan fingerprint density at radius 2 is 2.20 bits per heavy atom. The van der Waals surface area contributed by atoms with E-state index >= 15 is 0 Å². The number of hydrogen-bond acceptors (Lipinski definition) is 4. The predicted molar refractivity (Wildman–Crippen MR) is 78.1 cm³/mol. The van der Waals surface area contributed by atoms with E-state index < -0.39 is 0 Å². The summed E-state index contributed by atoms with van der Waals surface area (Å²) in [6.07, 6.45) is 5.40. The van der Waals surface area contributed by atoms with Crippen LogP contribution in [0, 0.1) is 6.92 Å². The van der Waals surface area contributed by atoms with Crippen LogP contribution in [0.4, 0.5) is 0 Å². The molecule has 2 rings (SSSR count). The SMILES string of the molecule is C=CCn1nc(C)s[c+]1C=Cc1cc(O)ccc1O.[Br-]. The van der Waals surface area contributed by atoms with Crippen molar-refractivity contribution in [3.05, 3.63) is 46.4 Å². The largest absolute Gasteiger partial charge is 1.00 e.